The Bertz CT molecular complexity index is 797. The molecule has 124 valence electrons. The second-order valence-corrected chi connectivity index (χ2v) is 6.48. The number of primary sulfonamides is 1. The van der Waals surface area contributed by atoms with Crippen molar-refractivity contribution in [2.24, 2.45) is 12.2 Å². The lowest BCUT2D eigenvalue weighted by molar-refractivity contribution is 0.0951. The van der Waals surface area contributed by atoms with Crippen molar-refractivity contribution in [3.8, 4) is 5.88 Å². The van der Waals surface area contributed by atoms with Crippen molar-refractivity contribution in [2.75, 3.05) is 13.7 Å². The summed E-state index contributed by atoms with van der Waals surface area (Å²) in [5, 5.41) is 11.8. The van der Waals surface area contributed by atoms with Gasteiger partial charge in [0.2, 0.25) is 15.9 Å². The minimum absolute atomic E-state index is 0.0605. The molecule has 3 N–H and O–H groups in total. The molecule has 0 saturated heterocycles. The lowest BCUT2D eigenvalue weighted by Crippen LogP contribution is -2.25. The normalized spacial score (nSPS) is 11.3. The summed E-state index contributed by atoms with van der Waals surface area (Å²) in [6, 6.07) is 6.21. The average molecular weight is 338 g/mol. The molecule has 0 unspecified atom stereocenters. The van der Waals surface area contributed by atoms with E-state index < -0.39 is 10.0 Å². The molecule has 0 spiro atoms. The van der Waals surface area contributed by atoms with Gasteiger partial charge in [-0.2, -0.15) is 0 Å². The number of ether oxygens (including phenoxy) is 1. The van der Waals surface area contributed by atoms with Crippen LogP contribution in [0.1, 0.15) is 15.9 Å². The highest BCUT2D eigenvalue weighted by Crippen LogP contribution is 2.14. The Balaban J connectivity index is 1.93. The SMILES string of the molecule is COc1nn(C)cc1C(=O)NCCc1ccc(S(N)(=O)=O)cc1. The van der Waals surface area contributed by atoms with E-state index in [-0.39, 0.29) is 16.7 Å². The number of hydrogen-bond acceptors (Lipinski definition) is 5. The maximum atomic E-state index is 12.1. The van der Waals surface area contributed by atoms with E-state index in [1.165, 1.54) is 23.9 Å². The third kappa shape index (κ3) is 4.30. The first-order valence-corrected chi connectivity index (χ1v) is 8.33. The first-order chi connectivity index (χ1) is 10.8. The van der Waals surface area contributed by atoms with Crippen LogP contribution in [0.4, 0.5) is 0 Å². The van der Waals surface area contributed by atoms with Crippen LogP contribution in [-0.4, -0.2) is 37.8 Å². The zero-order valence-corrected chi connectivity index (χ0v) is 13.6. The molecule has 0 atom stereocenters. The molecule has 23 heavy (non-hydrogen) atoms. The maximum absolute atomic E-state index is 12.1. The average Bonchev–Trinajstić information content (AvgIpc) is 2.88. The van der Waals surface area contributed by atoms with Gasteiger partial charge in [0.1, 0.15) is 5.56 Å². The Hall–Kier alpha value is -2.39. The van der Waals surface area contributed by atoms with Crippen LogP contribution in [0.2, 0.25) is 0 Å². The van der Waals surface area contributed by atoms with Crippen LogP contribution in [0.5, 0.6) is 5.88 Å². The molecule has 0 aliphatic heterocycles. The topological polar surface area (TPSA) is 116 Å². The van der Waals surface area contributed by atoms with E-state index in [1.54, 1.807) is 25.4 Å². The fourth-order valence-electron chi connectivity index (χ4n) is 2.04. The maximum Gasteiger partial charge on any atom is 0.258 e. The number of benzene rings is 1. The van der Waals surface area contributed by atoms with Gasteiger partial charge in [-0.25, -0.2) is 13.6 Å². The number of methoxy groups -OCH3 is 1. The molecule has 2 aromatic rings. The highest BCUT2D eigenvalue weighted by Gasteiger charge is 2.15. The molecule has 0 aliphatic rings. The van der Waals surface area contributed by atoms with Crippen molar-refractivity contribution in [2.45, 2.75) is 11.3 Å². The third-order valence-electron chi connectivity index (χ3n) is 3.18. The van der Waals surface area contributed by atoms with Gasteiger partial charge in [-0.3, -0.25) is 9.48 Å². The number of nitrogens with one attached hydrogen (secondary N) is 1. The Labute approximate surface area is 134 Å². The number of amides is 1. The fourth-order valence-corrected chi connectivity index (χ4v) is 2.55. The quantitative estimate of drug-likeness (QED) is 0.772. The molecule has 0 saturated carbocycles. The number of aryl methyl sites for hydroxylation is 1. The minimum Gasteiger partial charge on any atom is -0.479 e. The summed E-state index contributed by atoms with van der Waals surface area (Å²) in [6.45, 7) is 0.394. The van der Waals surface area contributed by atoms with Crippen molar-refractivity contribution in [1.82, 2.24) is 15.1 Å². The number of hydrogen-bond donors (Lipinski definition) is 2. The summed E-state index contributed by atoms with van der Waals surface area (Å²) in [6.07, 6.45) is 2.13. The van der Waals surface area contributed by atoms with Crippen LogP contribution < -0.4 is 15.2 Å². The number of nitrogens with two attached hydrogens (primary N) is 1. The standard InChI is InChI=1S/C14H18N4O4S/c1-18-9-12(14(17-18)22-2)13(19)16-8-7-10-3-5-11(6-4-10)23(15,20)21/h3-6,9H,7-8H2,1-2H3,(H,16,19)(H2,15,20,21). The first kappa shape index (κ1) is 17.0. The number of aromatic nitrogens is 2. The van der Waals surface area contributed by atoms with E-state index in [1.807, 2.05) is 0 Å². The third-order valence-corrected chi connectivity index (χ3v) is 4.11. The highest BCUT2D eigenvalue weighted by atomic mass is 32.2. The highest BCUT2D eigenvalue weighted by molar-refractivity contribution is 7.89. The van der Waals surface area contributed by atoms with Gasteiger partial charge >= 0.3 is 0 Å². The molecule has 1 heterocycles. The number of sulfonamides is 1. The van der Waals surface area contributed by atoms with Gasteiger partial charge in [0, 0.05) is 19.8 Å². The van der Waals surface area contributed by atoms with Crippen LogP contribution in [-0.2, 0) is 23.5 Å². The van der Waals surface area contributed by atoms with Crippen LogP contribution in [0.3, 0.4) is 0 Å². The van der Waals surface area contributed by atoms with Crippen LogP contribution >= 0.6 is 0 Å². The second-order valence-electron chi connectivity index (χ2n) is 4.92. The second kappa shape index (κ2) is 6.80. The largest absolute Gasteiger partial charge is 0.479 e. The predicted octanol–water partition coefficient (Wildman–Crippen LogP) is 0.0486. The predicted molar refractivity (Wildman–Crippen MR) is 83.6 cm³/mol. The molecule has 1 amide bonds. The summed E-state index contributed by atoms with van der Waals surface area (Å²) in [5.74, 6) is -0.0152. The molecule has 1 aromatic carbocycles. The van der Waals surface area contributed by atoms with Gasteiger partial charge in [0.05, 0.1) is 12.0 Å². The van der Waals surface area contributed by atoms with Crippen molar-refractivity contribution in [3.63, 3.8) is 0 Å². The fraction of sp³-hybridized carbons (Fsp3) is 0.286. The summed E-state index contributed by atoms with van der Waals surface area (Å²) >= 11 is 0. The van der Waals surface area contributed by atoms with Crippen LogP contribution in [0.25, 0.3) is 0 Å². The van der Waals surface area contributed by atoms with E-state index in [4.69, 9.17) is 9.88 Å². The Morgan fingerprint density at radius 3 is 2.57 bits per heavy atom. The van der Waals surface area contributed by atoms with E-state index >= 15 is 0 Å². The molecule has 2 rings (SSSR count). The van der Waals surface area contributed by atoms with Crippen molar-refractivity contribution >= 4 is 15.9 Å². The van der Waals surface area contributed by atoms with Gasteiger partial charge in [0.15, 0.2) is 0 Å². The van der Waals surface area contributed by atoms with Gasteiger partial charge in [0.25, 0.3) is 5.91 Å². The monoisotopic (exact) mass is 338 g/mol. The summed E-state index contributed by atoms with van der Waals surface area (Å²) in [7, 11) is -0.537. The van der Waals surface area contributed by atoms with Gasteiger partial charge in [-0.05, 0) is 24.1 Å². The van der Waals surface area contributed by atoms with Crippen molar-refractivity contribution in [1.29, 1.82) is 0 Å². The van der Waals surface area contributed by atoms with Gasteiger partial charge < -0.3 is 10.1 Å². The molecule has 1 aromatic heterocycles. The number of nitrogens with zero attached hydrogens (tertiary/aromatic N) is 2. The summed E-state index contributed by atoms with van der Waals surface area (Å²) in [5.41, 5.74) is 1.25. The molecular weight excluding hydrogens is 320 g/mol. The summed E-state index contributed by atoms with van der Waals surface area (Å²) < 4.78 is 28.9. The molecule has 9 heteroatoms. The molecule has 0 radical (unpaired) electrons. The molecule has 0 aliphatic carbocycles. The van der Waals surface area contributed by atoms with E-state index in [9.17, 15) is 13.2 Å². The first-order valence-electron chi connectivity index (χ1n) is 6.79. The number of carbonyl (C=O) groups is 1. The van der Waals surface area contributed by atoms with E-state index in [2.05, 4.69) is 10.4 Å². The lowest BCUT2D eigenvalue weighted by atomic mass is 10.1. The summed E-state index contributed by atoms with van der Waals surface area (Å²) in [4.78, 5) is 12.1. The van der Waals surface area contributed by atoms with Crippen LogP contribution in [0, 0.1) is 0 Å². The van der Waals surface area contributed by atoms with E-state index in [0.717, 1.165) is 5.56 Å². The van der Waals surface area contributed by atoms with Crippen molar-refractivity contribution in [3.05, 3.63) is 41.6 Å². The number of rotatable bonds is 6. The van der Waals surface area contributed by atoms with Gasteiger partial charge in [-0.15, -0.1) is 5.10 Å². The van der Waals surface area contributed by atoms with Gasteiger partial charge in [-0.1, -0.05) is 12.1 Å². The zero-order valence-electron chi connectivity index (χ0n) is 12.8. The van der Waals surface area contributed by atoms with Crippen LogP contribution in [0.15, 0.2) is 35.4 Å². The minimum atomic E-state index is -3.69. The smallest absolute Gasteiger partial charge is 0.258 e. The molecule has 8 nitrogen and oxygen atoms in total. The zero-order chi connectivity index (χ0) is 17.0. The molecule has 0 bridgehead atoms. The van der Waals surface area contributed by atoms with Crippen molar-refractivity contribution < 1.29 is 17.9 Å². The lowest BCUT2D eigenvalue weighted by Gasteiger charge is -2.06. The Morgan fingerprint density at radius 1 is 1.35 bits per heavy atom. The molecular formula is C14H18N4O4S. The Morgan fingerprint density at radius 2 is 2.00 bits per heavy atom. The van der Waals surface area contributed by atoms with E-state index in [0.29, 0.717) is 18.5 Å². The Kier molecular flexibility index (Phi) is 5.02. The molecule has 0 fully saturated rings. The number of carbonyl (C=O) groups excluding carboxylic acids is 1.